The van der Waals surface area contributed by atoms with Crippen molar-refractivity contribution in [2.24, 2.45) is 4.99 Å². The number of rotatable bonds is 10. The summed E-state index contributed by atoms with van der Waals surface area (Å²) in [5, 5.41) is 9.27. The predicted octanol–water partition coefficient (Wildman–Crippen LogP) is 3.45. The summed E-state index contributed by atoms with van der Waals surface area (Å²) in [5.41, 5.74) is 1.97. The van der Waals surface area contributed by atoms with Gasteiger partial charge < -0.3 is 25.4 Å². The largest absolute Gasteiger partial charge is 0.497 e. The highest BCUT2D eigenvalue weighted by molar-refractivity contribution is 14.0. The van der Waals surface area contributed by atoms with Crippen molar-refractivity contribution in [2.75, 3.05) is 38.7 Å². The van der Waals surface area contributed by atoms with Gasteiger partial charge in [-0.25, -0.2) is 0 Å². The summed E-state index contributed by atoms with van der Waals surface area (Å²) >= 11 is 0. The monoisotopic (exact) mass is 526 g/mol. The van der Waals surface area contributed by atoms with Gasteiger partial charge in [0.1, 0.15) is 18.1 Å². The summed E-state index contributed by atoms with van der Waals surface area (Å²) in [4.78, 5) is 15.7. The van der Waals surface area contributed by atoms with E-state index >= 15 is 0 Å². The van der Waals surface area contributed by atoms with E-state index in [2.05, 4.69) is 20.9 Å². The first-order valence-electron chi connectivity index (χ1n) is 9.76. The highest BCUT2D eigenvalue weighted by Crippen LogP contribution is 2.16. The molecule has 0 saturated heterocycles. The first-order valence-corrected chi connectivity index (χ1v) is 9.76. The number of carbonyl (C=O) groups excluding carboxylic acids is 1. The second-order valence-corrected chi connectivity index (χ2v) is 6.34. The predicted molar refractivity (Wildman–Crippen MR) is 132 cm³/mol. The van der Waals surface area contributed by atoms with Crippen molar-refractivity contribution >= 4 is 41.5 Å². The standard InChI is InChI=1S/C22H30N4O3.HI/c1-4-23-22(25-15-16-29-21-11-9-20(28-3)10-12-21)24-14-13-18-5-7-19(8-6-18)26-17(2)27;/h5-12H,4,13-16H2,1-3H3,(H,26,27)(H2,23,24,25);1H. The van der Waals surface area contributed by atoms with Crippen molar-refractivity contribution in [1.29, 1.82) is 0 Å². The molecule has 0 aliphatic rings. The van der Waals surface area contributed by atoms with Crippen LogP contribution in [0.1, 0.15) is 19.4 Å². The maximum Gasteiger partial charge on any atom is 0.221 e. The Bertz CT molecular complexity index is 780. The molecule has 0 aliphatic carbocycles. The third kappa shape index (κ3) is 9.82. The van der Waals surface area contributed by atoms with Gasteiger partial charge in [-0.05, 0) is 55.3 Å². The molecule has 0 aliphatic heterocycles. The molecule has 0 saturated carbocycles. The summed E-state index contributed by atoms with van der Waals surface area (Å²) in [6.45, 7) is 6.15. The zero-order valence-corrected chi connectivity index (χ0v) is 20.1. The van der Waals surface area contributed by atoms with Crippen molar-refractivity contribution in [3.05, 3.63) is 54.1 Å². The minimum Gasteiger partial charge on any atom is -0.497 e. The van der Waals surface area contributed by atoms with E-state index in [1.54, 1.807) is 7.11 Å². The lowest BCUT2D eigenvalue weighted by Gasteiger charge is -2.12. The molecule has 0 spiro atoms. The molecule has 8 heteroatoms. The lowest BCUT2D eigenvalue weighted by Crippen LogP contribution is -2.39. The number of methoxy groups -OCH3 is 1. The average molecular weight is 526 g/mol. The lowest BCUT2D eigenvalue weighted by atomic mass is 10.1. The van der Waals surface area contributed by atoms with Crippen LogP contribution in [0.15, 0.2) is 53.5 Å². The van der Waals surface area contributed by atoms with E-state index in [1.807, 2.05) is 55.5 Å². The van der Waals surface area contributed by atoms with Crippen LogP contribution in [-0.2, 0) is 11.2 Å². The smallest absolute Gasteiger partial charge is 0.221 e. The van der Waals surface area contributed by atoms with E-state index in [9.17, 15) is 4.79 Å². The fraction of sp³-hybridized carbons (Fsp3) is 0.364. The van der Waals surface area contributed by atoms with E-state index in [0.717, 1.165) is 36.1 Å². The molecule has 0 fully saturated rings. The summed E-state index contributed by atoms with van der Waals surface area (Å²) in [6, 6.07) is 15.3. The van der Waals surface area contributed by atoms with Crippen LogP contribution in [-0.4, -0.2) is 45.2 Å². The molecule has 0 radical (unpaired) electrons. The van der Waals surface area contributed by atoms with E-state index in [-0.39, 0.29) is 29.9 Å². The molecule has 2 rings (SSSR count). The number of halogens is 1. The van der Waals surface area contributed by atoms with Crippen molar-refractivity contribution < 1.29 is 14.3 Å². The summed E-state index contributed by atoms with van der Waals surface area (Å²) in [7, 11) is 1.64. The fourth-order valence-electron chi connectivity index (χ4n) is 2.61. The number of amides is 1. The fourth-order valence-corrected chi connectivity index (χ4v) is 2.61. The van der Waals surface area contributed by atoms with E-state index in [0.29, 0.717) is 19.7 Å². The zero-order valence-electron chi connectivity index (χ0n) is 17.7. The number of nitrogens with one attached hydrogen (secondary N) is 3. The zero-order chi connectivity index (χ0) is 20.9. The molecule has 2 aromatic carbocycles. The molecule has 0 heterocycles. The molecule has 0 aromatic heterocycles. The number of hydrogen-bond acceptors (Lipinski definition) is 4. The van der Waals surface area contributed by atoms with Crippen molar-refractivity contribution in [2.45, 2.75) is 20.3 Å². The van der Waals surface area contributed by atoms with Gasteiger partial charge in [0.05, 0.1) is 13.7 Å². The first kappa shape index (κ1) is 25.5. The highest BCUT2D eigenvalue weighted by atomic mass is 127. The maximum absolute atomic E-state index is 11.1. The van der Waals surface area contributed by atoms with Gasteiger partial charge in [-0.2, -0.15) is 0 Å². The Hall–Kier alpha value is -2.49. The normalized spacial score (nSPS) is 10.6. The maximum atomic E-state index is 11.1. The van der Waals surface area contributed by atoms with E-state index < -0.39 is 0 Å². The van der Waals surface area contributed by atoms with Crippen LogP contribution in [0.2, 0.25) is 0 Å². The van der Waals surface area contributed by atoms with Crippen LogP contribution < -0.4 is 25.4 Å². The number of ether oxygens (including phenoxy) is 2. The molecule has 2 aromatic rings. The molecular formula is C22H31IN4O3. The van der Waals surface area contributed by atoms with Gasteiger partial charge in [-0.15, -0.1) is 24.0 Å². The Balaban J connectivity index is 0.00000450. The summed E-state index contributed by atoms with van der Waals surface area (Å²) < 4.78 is 10.9. The molecule has 30 heavy (non-hydrogen) atoms. The molecule has 0 atom stereocenters. The van der Waals surface area contributed by atoms with E-state index in [1.165, 1.54) is 12.5 Å². The van der Waals surface area contributed by atoms with Crippen molar-refractivity contribution in [1.82, 2.24) is 10.6 Å². The molecule has 0 bridgehead atoms. The Kier molecular flexibility index (Phi) is 12.3. The second-order valence-electron chi connectivity index (χ2n) is 6.34. The summed E-state index contributed by atoms with van der Waals surface area (Å²) in [6.07, 6.45) is 0.819. The van der Waals surface area contributed by atoms with Crippen LogP contribution in [0.3, 0.4) is 0 Å². The molecule has 3 N–H and O–H groups in total. The third-order valence-electron chi connectivity index (χ3n) is 4.01. The Morgan fingerprint density at radius 1 is 1.00 bits per heavy atom. The minimum absolute atomic E-state index is 0. The quantitative estimate of drug-likeness (QED) is 0.191. The molecule has 1 amide bonds. The van der Waals surface area contributed by atoms with Gasteiger partial charge in [-0.3, -0.25) is 9.79 Å². The number of nitrogens with zero attached hydrogens (tertiary/aromatic N) is 1. The number of anilines is 1. The van der Waals surface area contributed by atoms with Crippen molar-refractivity contribution in [3.63, 3.8) is 0 Å². The van der Waals surface area contributed by atoms with Crippen LogP contribution >= 0.6 is 24.0 Å². The van der Waals surface area contributed by atoms with E-state index in [4.69, 9.17) is 9.47 Å². The van der Waals surface area contributed by atoms with Gasteiger partial charge in [0.25, 0.3) is 0 Å². The third-order valence-corrected chi connectivity index (χ3v) is 4.01. The second kappa shape index (κ2) is 14.5. The van der Waals surface area contributed by atoms with Gasteiger partial charge in [-0.1, -0.05) is 12.1 Å². The number of hydrogen-bond donors (Lipinski definition) is 3. The molecular weight excluding hydrogens is 495 g/mol. The molecule has 164 valence electrons. The minimum atomic E-state index is -0.0697. The number of carbonyl (C=O) groups is 1. The van der Waals surface area contributed by atoms with Crippen LogP contribution in [0, 0.1) is 0 Å². The Morgan fingerprint density at radius 3 is 2.27 bits per heavy atom. The van der Waals surface area contributed by atoms with Crippen LogP contribution in [0.25, 0.3) is 0 Å². The number of aliphatic imine (C=N–C) groups is 1. The summed E-state index contributed by atoms with van der Waals surface area (Å²) in [5.74, 6) is 2.31. The molecule has 0 unspecified atom stereocenters. The first-order chi connectivity index (χ1) is 14.1. The number of benzene rings is 2. The highest BCUT2D eigenvalue weighted by Gasteiger charge is 2.00. The average Bonchev–Trinajstić information content (AvgIpc) is 2.72. The van der Waals surface area contributed by atoms with Crippen LogP contribution in [0.4, 0.5) is 5.69 Å². The van der Waals surface area contributed by atoms with Gasteiger partial charge in [0.2, 0.25) is 5.91 Å². The van der Waals surface area contributed by atoms with Gasteiger partial charge >= 0.3 is 0 Å². The topological polar surface area (TPSA) is 84.0 Å². The van der Waals surface area contributed by atoms with Gasteiger partial charge in [0.15, 0.2) is 5.96 Å². The van der Waals surface area contributed by atoms with Crippen molar-refractivity contribution in [3.8, 4) is 11.5 Å². The Morgan fingerprint density at radius 2 is 1.67 bits per heavy atom. The SMILES string of the molecule is CCNC(=NCCc1ccc(NC(C)=O)cc1)NCCOc1ccc(OC)cc1.I. The lowest BCUT2D eigenvalue weighted by molar-refractivity contribution is -0.114. The molecule has 7 nitrogen and oxygen atoms in total. The van der Waals surface area contributed by atoms with Crippen LogP contribution in [0.5, 0.6) is 11.5 Å². The number of guanidine groups is 1. The van der Waals surface area contributed by atoms with Gasteiger partial charge in [0, 0.05) is 25.7 Å². The Labute approximate surface area is 195 Å².